The van der Waals surface area contributed by atoms with E-state index in [0.29, 0.717) is 31.3 Å². The smallest absolute Gasteiger partial charge is 0.268 e. The molecule has 2 aromatic heterocycles. The molecule has 1 amide bonds. The van der Waals surface area contributed by atoms with Crippen molar-refractivity contribution >= 4 is 22.4 Å². The average molecular weight is 323 g/mol. The lowest BCUT2D eigenvalue weighted by Crippen LogP contribution is -2.33. The molecule has 1 aliphatic heterocycles. The number of H-pyrrole nitrogens is 1. The van der Waals surface area contributed by atoms with Gasteiger partial charge in [0.15, 0.2) is 5.13 Å². The number of carbonyl (C=O) groups is 1. The number of aliphatic hydroxyl groups is 1. The van der Waals surface area contributed by atoms with Crippen molar-refractivity contribution in [3.05, 3.63) is 23.0 Å². The summed E-state index contributed by atoms with van der Waals surface area (Å²) in [6.07, 6.45) is 1.17. The molecule has 0 bridgehead atoms. The monoisotopic (exact) mass is 323 g/mol. The van der Waals surface area contributed by atoms with E-state index in [0.717, 1.165) is 12.2 Å². The molecular weight excluding hydrogens is 306 g/mol. The van der Waals surface area contributed by atoms with Crippen molar-refractivity contribution in [2.75, 3.05) is 31.1 Å². The van der Waals surface area contributed by atoms with Gasteiger partial charge in [-0.2, -0.15) is 15.4 Å². The molecule has 0 aliphatic carbocycles. The molecule has 10 heteroatoms. The van der Waals surface area contributed by atoms with Gasteiger partial charge in [0, 0.05) is 38.1 Å². The van der Waals surface area contributed by atoms with Crippen molar-refractivity contribution < 1.29 is 9.90 Å². The number of aliphatic hydroxyl groups excluding tert-OH is 1. The Hall–Kier alpha value is -2.04. The van der Waals surface area contributed by atoms with Crippen molar-refractivity contribution in [3.8, 4) is 0 Å². The normalized spacial score (nSPS) is 20.0. The number of nitrogens with two attached hydrogens (primary N) is 1. The molecule has 0 radical (unpaired) electrons. The number of rotatable bonds is 4. The number of hydrogen-bond acceptors (Lipinski definition) is 8. The standard InChI is InChI=1S/C12H17N7O2S/c13-11(21)10-7-22-12(15-10)19-2-1-18(5-9(20)6-19)4-8-3-14-17-16-8/h3,7,9,20H,1-2,4-6H2,(H2,13,21)(H,14,16,17)/t9-/m1/s1. The van der Waals surface area contributed by atoms with Gasteiger partial charge in [-0.1, -0.05) is 0 Å². The number of β-amino-alcohol motifs (C(OH)–C–C–N with tert-alkyl or cyclic N) is 1. The van der Waals surface area contributed by atoms with Crippen LogP contribution in [0.4, 0.5) is 5.13 Å². The van der Waals surface area contributed by atoms with Gasteiger partial charge in [-0.05, 0) is 0 Å². The minimum atomic E-state index is -0.537. The minimum absolute atomic E-state index is 0.262. The third kappa shape index (κ3) is 3.40. The zero-order valence-electron chi connectivity index (χ0n) is 11.8. The van der Waals surface area contributed by atoms with Gasteiger partial charge in [-0.25, -0.2) is 4.98 Å². The molecule has 1 fully saturated rings. The summed E-state index contributed by atoms with van der Waals surface area (Å²) in [5.74, 6) is -0.537. The molecule has 1 aliphatic rings. The number of anilines is 1. The molecule has 3 rings (SSSR count). The highest BCUT2D eigenvalue weighted by Gasteiger charge is 2.24. The van der Waals surface area contributed by atoms with E-state index in [9.17, 15) is 9.90 Å². The Labute approximate surface area is 130 Å². The lowest BCUT2D eigenvalue weighted by Gasteiger charge is -2.20. The van der Waals surface area contributed by atoms with Gasteiger partial charge in [0.25, 0.3) is 5.91 Å². The lowest BCUT2D eigenvalue weighted by atomic mass is 10.3. The zero-order chi connectivity index (χ0) is 15.5. The summed E-state index contributed by atoms with van der Waals surface area (Å²) >= 11 is 1.36. The Morgan fingerprint density at radius 1 is 1.50 bits per heavy atom. The highest BCUT2D eigenvalue weighted by Crippen LogP contribution is 2.22. The fraction of sp³-hybridized carbons (Fsp3) is 0.500. The minimum Gasteiger partial charge on any atom is -0.390 e. The third-order valence-electron chi connectivity index (χ3n) is 3.45. The van der Waals surface area contributed by atoms with Crippen molar-refractivity contribution in [1.29, 1.82) is 0 Å². The van der Waals surface area contributed by atoms with Gasteiger partial charge in [0.2, 0.25) is 0 Å². The maximum absolute atomic E-state index is 11.1. The lowest BCUT2D eigenvalue weighted by molar-refractivity contribution is 0.0996. The third-order valence-corrected chi connectivity index (χ3v) is 4.35. The number of amides is 1. The van der Waals surface area contributed by atoms with E-state index in [1.54, 1.807) is 11.6 Å². The molecule has 118 valence electrons. The van der Waals surface area contributed by atoms with Crippen molar-refractivity contribution in [3.63, 3.8) is 0 Å². The number of hydrogen-bond donors (Lipinski definition) is 3. The molecule has 0 unspecified atom stereocenters. The van der Waals surface area contributed by atoms with Gasteiger partial charge >= 0.3 is 0 Å². The molecule has 2 aromatic rings. The van der Waals surface area contributed by atoms with Crippen molar-refractivity contribution in [2.24, 2.45) is 5.73 Å². The Morgan fingerprint density at radius 3 is 3.05 bits per heavy atom. The molecule has 1 atom stereocenters. The van der Waals surface area contributed by atoms with Gasteiger partial charge in [0.05, 0.1) is 18.0 Å². The molecular formula is C12H17N7O2S. The number of thiazole rings is 1. The van der Waals surface area contributed by atoms with Crippen LogP contribution < -0.4 is 10.6 Å². The topological polar surface area (TPSA) is 124 Å². The van der Waals surface area contributed by atoms with E-state index < -0.39 is 12.0 Å². The Bertz CT molecular complexity index is 629. The first-order valence-corrected chi connectivity index (χ1v) is 7.75. The Kier molecular flexibility index (Phi) is 4.32. The molecule has 4 N–H and O–H groups in total. The predicted octanol–water partition coefficient (Wildman–Crippen LogP) is -0.957. The number of nitrogens with one attached hydrogen (secondary N) is 1. The number of carbonyl (C=O) groups excluding carboxylic acids is 1. The Morgan fingerprint density at radius 2 is 2.36 bits per heavy atom. The van der Waals surface area contributed by atoms with E-state index in [4.69, 9.17) is 5.73 Å². The van der Waals surface area contributed by atoms with Crippen LogP contribution in [-0.4, -0.2) is 68.6 Å². The van der Waals surface area contributed by atoms with Crippen molar-refractivity contribution in [1.82, 2.24) is 25.3 Å². The van der Waals surface area contributed by atoms with Crippen LogP contribution >= 0.6 is 11.3 Å². The van der Waals surface area contributed by atoms with Crippen molar-refractivity contribution in [2.45, 2.75) is 12.6 Å². The number of aromatic nitrogens is 4. The summed E-state index contributed by atoms with van der Waals surface area (Å²) in [7, 11) is 0. The second kappa shape index (κ2) is 6.38. The van der Waals surface area contributed by atoms with Gasteiger partial charge in [0.1, 0.15) is 5.69 Å². The zero-order valence-corrected chi connectivity index (χ0v) is 12.7. The highest BCUT2D eigenvalue weighted by molar-refractivity contribution is 7.13. The fourth-order valence-corrected chi connectivity index (χ4v) is 3.28. The maximum atomic E-state index is 11.1. The maximum Gasteiger partial charge on any atom is 0.268 e. The molecule has 1 saturated heterocycles. The van der Waals surface area contributed by atoms with Gasteiger partial charge < -0.3 is 15.7 Å². The SMILES string of the molecule is NC(=O)c1csc(N2CCN(Cc3cn[nH]n3)C[C@@H](O)C2)n1. The molecule has 0 aromatic carbocycles. The van der Waals surface area contributed by atoms with Crippen LogP contribution in [0.5, 0.6) is 0 Å². The summed E-state index contributed by atoms with van der Waals surface area (Å²) < 4.78 is 0. The second-order valence-electron chi connectivity index (χ2n) is 5.18. The molecule has 22 heavy (non-hydrogen) atoms. The molecule has 9 nitrogen and oxygen atoms in total. The summed E-state index contributed by atoms with van der Waals surface area (Å²) in [6, 6.07) is 0. The van der Waals surface area contributed by atoms with Gasteiger partial charge in [-0.3, -0.25) is 9.69 Å². The van der Waals surface area contributed by atoms with Crippen LogP contribution in [0, 0.1) is 0 Å². The van der Waals surface area contributed by atoms with Crippen LogP contribution in [0.2, 0.25) is 0 Å². The first-order chi connectivity index (χ1) is 10.6. The molecule has 0 spiro atoms. The van der Waals surface area contributed by atoms with E-state index in [-0.39, 0.29) is 5.69 Å². The molecule has 0 saturated carbocycles. The first kappa shape index (κ1) is 14.9. The van der Waals surface area contributed by atoms with Crippen LogP contribution in [-0.2, 0) is 6.54 Å². The van der Waals surface area contributed by atoms with E-state index >= 15 is 0 Å². The quantitative estimate of drug-likeness (QED) is 0.662. The summed E-state index contributed by atoms with van der Waals surface area (Å²) in [5, 5.41) is 22.9. The number of aromatic amines is 1. The van der Waals surface area contributed by atoms with Crippen LogP contribution in [0.25, 0.3) is 0 Å². The fourth-order valence-electron chi connectivity index (χ4n) is 2.43. The summed E-state index contributed by atoms with van der Waals surface area (Å²) in [5.41, 5.74) is 6.33. The summed E-state index contributed by atoms with van der Waals surface area (Å²) in [4.78, 5) is 19.4. The molecule has 3 heterocycles. The predicted molar refractivity (Wildman–Crippen MR) is 80.5 cm³/mol. The van der Waals surface area contributed by atoms with E-state index in [2.05, 4.69) is 25.3 Å². The first-order valence-electron chi connectivity index (χ1n) is 6.87. The largest absolute Gasteiger partial charge is 0.390 e. The highest BCUT2D eigenvalue weighted by atomic mass is 32.1. The second-order valence-corrected chi connectivity index (χ2v) is 6.01. The Balaban J connectivity index is 1.66. The van der Waals surface area contributed by atoms with Gasteiger partial charge in [-0.15, -0.1) is 11.3 Å². The average Bonchev–Trinajstić information content (AvgIpc) is 3.11. The van der Waals surface area contributed by atoms with Crippen LogP contribution in [0.15, 0.2) is 11.6 Å². The van der Waals surface area contributed by atoms with E-state index in [1.165, 1.54) is 11.3 Å². The van der Waals surface area contributed by atoms with Crippen LogP contribution in [0.1, 0.15) is 16.2 Å². The summed E-state index contributed by atoms with van der Waals surface area (Å²) in [6.45, 7) is 3.13. The van der Waals surface area contributed by atoms with Crippen LogP contribution in [0.3, 0.4) is 0 Å². The number of nitrogens with zero attached hydrogens (tertiary/aromatic N) is 5. The number of primary amides is 1. The van der Waals surface area contributed by atoms with E-state index in [1.807, 2.05) is 4.90 Å².